The maximum absolute atomic E-state index is 13.6. The van der Waals surface area contributed by atoms with E-state index in [1.54, 1.807) is 4.57 Å². The second kappa shape index (κ2) is 8.16. The number of ether oxygens (including phenoxy) is 1. The summed E-state index contributed by atoms with van der Waals surface area (Å²) >= 11 is 0. The Morgan fingerprint density at radius 1 is 1.15 bits per heavy atom. The van der Waals surface area contributed by atoms with Gasteiger partial charge in [-0.25, -0.2) is 4.79 Å². The first kappa shape index (κ1) is 24.3. The average Bonchev–Trinajstić information content (AvgIpc) is 3.07. The molecule has 0 bridgehead atoms. The molecule has 33 heavy (non-hydrogen) atoms. The molecular formula is C27H40BNO4. The monoisotopic (exact) mass is 453 g/mol. The van der Waals surface area contributed by atoms with Gasteiger partial charge >= 0.3 is 13.2 Å². The van der Waals surface area contributed by atoms with E-state index in [9.17, 15) is 4.79 Å². The van der Waals surface area contributed by atoms with Crippen LogP contribution in [0.1, 0.15) is 98.6 Å². The van der Waals surface area contributed by atoms with Crippen LogP contribution < -0.4 is 5.59 Å². The molecule has 0 spiro atoms. The molecule has 2 fully saturated rings. The Kier molecular flexibility index (Phi) is 6.02. The van der Waals surface area contributed by atoms with E-state index in [1.807, 2.05) is 48.5 Å². The third kappa shape index (κ3) is 4.49. The van der Waals surface area contributed by atoms with E-state index in [0.717, 1.165) is 34.4 Å². The minimum Gasteiger partial charge on any atom is -0.443 e. The molecule has 6 heteroatoms. The highest BCUT2D eigenvalue weighted by Gasteiger charge is 2.54. The Morgan fingerprint density at radius 2 is 1.76 bits per heavy atom. The maximum atomic E-state index is 13.6. The van der Waals surface area contributed by atoms with Crippen LogP contribution in [-0.2, 0) is 20.5 Å². The molecule has 1 saturated heterocycles. The van der Waals surface area contributed by atoms with Gasteiger partial charge in [0.1, 0.15) is 5.60 Å². The van der Waals surface area contributed by atoms with Gasteiger partial charge in [-0.1, -0.05) is 39.2 Å². The second-order valence-corrected chi connectivity index (χ2v) is 12.2. The fourth-order valence-corrected chi connectivity index (χ4v) is 4.84. The second-order valence-electron chi connectivity index (χ2n) is 12.2. The lowest BCUT2D eigenvalue weighted by Crippen LogP contribution is -2.44. The van der Waals surface area contributed by atoms with Crippen LogP contribution in [0.15, 0.2) is 18.2 Å². The summed E-state index contributed by atoms with van der Waals surface area (Å²) in [5.41, 5.74) is 2.43. The number of hydrogen-bond donors (Lipinski definition) is 0. The first-order valence-corrected chi connectivity index (χ1v) is 12.5. The van der Waals surface area contributed by atoms with Gasteiger partial charge in [0.2, 0.25) is 0 Å². The molecule has 4 rings (SSSR count). The molecule has 0 unspecified atom stereocenters. The molecule has 1 saturated carbocycles. The lowest BCUT2D eigenvalue weighted by molar-refractivity contribution is 0.00578. The Bertz CT molecular complexity index is 1040. The standard InChI is InChI=1S/C27H40BNO4/c1-17(2)22-20-16-19(15-18-11-10-12-18)13-14-21(20)29(24(30)31-25(3,4)5)23(22)28-32-26(6,7)27(8,9)33-28/h13-14,16-18H,10-12,15H2,1-9H3. The first-order chi connectivity index (χ1) is 15.2. The van der Waals surface area contributed by atoms with Crippen LogP contribution in [-0.4, -0.2) is 34.6 Å². The number of hydrogen-bond acceptors (Lipinski definition) is 4. The molecule has 2 heterocycles. The summed E-state index contributed by atoms with van der Waals surface area (Å²) in [5.74, 6) is 0.963. The van der Waals surface area contributed by atoms with E-state index >= 15 is 0 Å². The topological polar surface area (TPSA) is 49.7 Å². The largest absolute Gasteiger partial charge is 0.513 e. The highest BCUT2D eigenvalue weighted by molar-refractivity contribution is 6.63. The van der Waals surface area contributed by atoms with Gasteiger partial charge in [-0.3, -0.25) is 4.57 Å². The maximum Gasteiger partial charge on any atom is 0.513 e. The lowest BCUT2D eigenvalue weighted by Gasteiger charge is -2.32. The Labute approximate surface area is 199 Å². The van der Waals surface area contributed by atoms with Crippen molar-refractivity contribution in [3.8, 4) is 0 Å². The van der Waals surface area contributed by atoms with Gasteiger partial charge in [-0.05, 0) is 90.0 Å². The summed E-state index contributed by atoms with van der Waals surface area (Å²) in [6, 6.07) is 6.52. The van der Waals surface area contributed by atoms with E-state index in [4.69, 9.17) is 14.0 Å². The predicted octanol–water partition coefficient (Wildman–Crippen LogP) is 6.19. The fraction of sp³-hybridized carbons (Fsp3) is 0.667. The average molecular weight is 453 g/mol. The highest BCUT2D eigenvalue weighted by atomic mass is 16.7. The molecule has 2 aromatic rings. The van der Waals surface area contributed by atoms with Crippen molar-refractivity contribution in [1.82, 2.24) is 4.57 Å². The van der Waals surface area contributed by atoms with Gasteiger partial charge in [0, 0.05) is 5.39 Å². The van der Waals surface area contributed by atoms with E-state index in [0.29, 0.717) is 0 Å². The number of carbonyl (C=O) groups excluding carboxylic acids is 1. The smallest absolute Gasteiger partial charge is 0.443 e. The highest BCUT2D eigenvalue weighted by Crippen LogP contribution is 2.39. The molecule has 0 amide bonds. The van der Waals surface area contributed by atoms with Crippen molar-refractivity contribution >= 4 is 29.7 Å². The quantitative estimate of drug-likeness (QED) is 0.518. The third-order valence-electron chi connectivity index (χ3n) is 7.49. The molecule has 2 aliphatic rings. The summed E-state index contributed by atoms with van der Waals surface area (Å²) in [6.07, 6.45) is 4.67. The summed E-state index contributed by atoms with van der Waals surface area (Å²) in [4.78, 5) is 13.6. The van der Waals surface area contributed by atoms with Crippen molar-refractivity contribution in [3.05, 3.63) is 29.3 Å². The number of carbonyl (C=O) groups is 1. The van der Waals surface area contributed by atoms with Gasteiger partial charge in [0.25, 0.3) is 0 Å². The number of aromatic nitrogens is 1. The summed E-state index contributed by atoms with van der Waals surface area (Å²) in [7, 11) is -0.651. The van der Waals surface area contributed by atoms with Crippen LogP contribution in [0.25, 0.3) is 10.9 Å². The van der Waals surface area contributed by atoms with Crippen LogP contribution >= 0.6 is 0 Å². The van der Waals surface area contributed by atoms with Crippen molar-refractivity contribution in [1.29, 1.82) is 0 Å². The van der Waals surface area contributed by atoms with Gasteiger partial charge in [-0.2, -0.15) is 0 Å². The number of benzene rings is 1. The Balaban J connectivity index is 1.91. The van der Waals surface area contributed by atoms with Crippen LogP contribution in [0.3, 0.4) is 0 Å². The molecule has 1 aliphatic heterocycles. The molecule has 1 aromatic carbocycles. The van der Waals surface area contributed by atoms with Crippen molar-refractivity contribution in [2.24, 2.45) is 5.92 Å². The molecule has 180 valence electrons. The minimum absolute atomic E-state index is 0.184. The van der Waals surface area contributed by atoms with Crippen LogP contribution in [0, 0.1) is 5.92 Å². The fourth-order valence-electron chi connectivity index (χ4n) is 4.84. The van der Waals surface area contributed by atoms with Gasteiger partial charge in [-0.15, -0.1) is 0 Å². The first-order valence-electron chi connectivity index (χ1n) is 12.5. The Morgan fingerprint density at radius 3 is 2.24 bits per heavy atom. The van der Waals surface area contributed by atoms with Crippen LogP contribution in [0.2, 0.25) is 0 Å². The molecular weight excluding hydrogens is 413 g/mol. The molecule has 1 aromatic heterocycles. The van der Waals surface area contributed by atoms with Gasteiger partial charge in [0.05, 0.1) is 22.3 Å². The van der Waals surface area contributed by atoms with Crippen molar-refractivity contribution in [2.45, 2.75) is 111 Å². The van der Waals surface area contributed by atoms with E-state index in [1.165, 1.54) is 24.8 Å². The third-order valence-corrected chi connectivity index (χ3v) is 7.49. The number of rotatable bonds is 4. The van der Waals surface area contributed by atoms with Gasteiger partial charge < -0.3 is 14.0 Å². The van der Waals surface area contributed by atoms with Crippen LogP contribution in [0.4, 0.5) is 4.79 Å². The minimum atomic E-state index is -0.651. The molecule has 5 nitrogen and oxygen atoms in total. The van der Waals surface area contributed by atoms with Crippen molar-refractivity contribution in [3.63, 3.8) is 0 Å². The summed E-state index contributed by atoms with van der Waals surface area (Å²) in [6.45, 7) is 18.2. The number of nitrogens with zero attached hydrogens (tertiary/aromatic N) is 1. The van der Waals surface area contributed by atoms with Crippen molar-refractivity contribution in [2.75, 3.05) is 0 Å². The molecule has 0 N–H and O–H groups in total. The van der Waals surface area contributed by atoms with E-state index in [2.05, 4.69) is 32.0 Å². The zero-order chi connectivity index (χ0) is 24.3. The summed E-state index contributed by atoms with van der Waals surface area (Å²) < 4.78 is 20.5. The SMILES string of the molecule is CC(C)c1c(B2OC(C)(C)C(C)(C)O2)n(C(=O)OC(C)(C)C)c2ccc(CC3CCC3)cc12. The zero-order valence-electron chi connectivity index (χ0n) is 21.9. The van der Waals surface area contributed by atoms with E-state index < -0.39 is 30.0 Å². The van der Waals surface area contributed by atoms with Gasteiger partial charge in [0.15, 0.2) is 0 Å². The summed E-state index contributed by atoms with van der Waals surface area (Å²) in [5, 5.41) is 1.09. The molecule has 0 atom stereocenters. The Hall–Kier alpha value is -1.79. The number of fused-ring (bicyclic) bond motifs is 1. The molecule has 0 radical (unpaired) electrons. The lowest BCUT2D eigenvalue weighted by atomic mass is 9.78. The normalized spacial score (nSPS) is 20.5. The molecule has 1 aliphatic carbocycles. The predicted molar refractivity (Wildman–Crippen MR) is 134 cm³/mol. The van der Waals surface area contributed by atoms with Crippen LogP contribution in [0.5, 0.6) is 0 Å². The zero-order valence-corrected chi connectivity index (χ0v) is 21.9. The van der Waals surface area contributed by atoms with E-state index in [-0.39, 0.29) is 5.92 Å². The van der Waals surface area contributed by atoms with Crippen molar-refractivity contribution < 1.29 is 18.8 Å².